The SMILES string of the molecule is CC(C)(C)S(=O)(=O)CCSC(=N)N=C(N)N. The van der Waals surface area contributed by atoms with Crippen molar-refractivity contribution in [3.8, 4) is 0 Å². The molecule has 5 N–H and O–H groups in total. The first kappa shape index (κ1) is 15.2. The molecule has 0 aliphatic heterocycles. The van der Waals surface area contributed by atoms with Crippen LogP contribution in [0.3, 0.4) is 0 Å². The monoisotopic (exact) mass is 266 g/mol. The molecule has 0 aromatic rings. The van der Waals surface area contributed by atoms with E-state index in [9.17, 15) is 8.42 Å². The third-order valence-corrected chi connectivity index (χ3v) is 5.39. The maximum Gasteiger partial charge on any atom is 0.193 e. The van der Waals surface area contributed by atoms with E-state index in [2.05, 4.69) is 4.99 Å². The molecular formula is C8H18N4O2S2. The number of nitrogens with two attached hydrogens (primary N) is 2. The summed E-state index contributed by atoms with van der Waals surface area (Å²) in [6.45, 7) is 4.94. The Morgan fingerprint density at radius 1 is 1.38 bits per heavy atom. The summed E-state index contributed by atoms with van der Waals surface area (Å²) in [5.74, 6) is 0.0786. The highest BCUT2D eigenvalue weighted by atomic mass is 32.2. The first-order valence-electron chi connectivity index (χ1n) is 4.59. The molecule has 0 bridgehead atoms. The summed E-state index contributed by atoms with van der Waals surface area (Å²) < 4.78 is 22.6. The zero-order chi connectivity index (χ0) is 13.0. The minimum Gasteiger partial charge on any atom is -0.370 e. The molecule has 0 fully saturated rings. The van der Waals surface area contributed by atoms with Gasteiger partial charge in [0.2, 0.25) is 0 Å². The summed E-state index contributed by atoms with van der Waals surface area (Å²) in [6, 6.07) is 0. The predicted octanol–water partition coefficient (Wildman–Crippen LogP) is 0.141. The number of nitrogens with one attached hydrogen (secondary N) is 1. The van der Waals surface area contributed by atoms with Crippen LogP contribution in [0.5, 0.6) is 0 Å². The molecule has 0 aromatic carbocycles. The number of thioether (sulfide) groups is 1. The minimum atomic E-state index is -3.15. The Balaban J connectivity index is 4.21. The van der Waals surface area contributed by atoms with Crippen LogP contribution < -0.4 is 11.5 Å². The lowest BCUT2D eigenvalue weighted by molar-refractivity contribution is 0.562. The molecule has 0 saturated heterocycles. The quantitative estimate of drug-likeness (QED) is 0.495. The lowest BCUT2D eigenvalue weighted by Crippen LogP contribution is -2.31. The highest BCUT2D eigenvalue weighted by Gasteiger charge is 2.28. The van der Waals surface area contributed by atoms with Gasteiger partial charge in [0.1, 0.15) is 0 Å². The Kier molecular flexibility index (Phi) is 5.27. The van der Waals surface area contributed by atoms with Crippen molar-refractivity contribution in [2.45, 2.75) is 25.5 Å². The van der Waals surface area contributed by atoms with Crippen LogP contribution in [-0.2, 0) is 9.84 Å². The van der Waals surface area contributed by atoms with Crippen molar-refractivity contribution < 1.29 is 8.42 Å². The molecule has 0 amide bonds. The summed E-state index contributed by atoms with van der Waals surface area (Å²) in [6.07, 6.45) is 0. The fraction of sp³-hybridized carbons (Fsp3) is 0.750. The van der Waals surface area contributed by atoms with Gasteiger partial charge in [0, 0.05) is 5.75 Å². The molecule has 0 heterocycles. The summed E-state index contributed by atoms with van der Waals surface area (Å²) in [4.78, 5) is 3.48. The molecular weight excluding hydrogens is 248 g/mol. The number of sulfone groups is 1. The molecule has 8 heteroatoms. The number of guanidine groups is 1. The first-order valence-corrected chi connectivity index (χ1v) is 7.23. The second kappa shape index (κ2) is 5.53. The van der Waals surface area contributed by atoms with Crippen molar-refractivity contribution >= 4 is 32.7 Å². The van der Waals surface area contributed by atoms with Gasteiger partial charge in [0.05, 0.1) is 10.5 Å². The molecule has 0 radical (unpaired) electrons. The Hall–Kier alpha value is -0.760. The van der Waals surface area contributed by atoms with Gasteiger partial charge in [0.25, 0.3) is 0 Å². The summed E-state index contributed by atoms with van der Waals surface area (Å²) in [5, 5.41) is 7.22. The molecule has 16 heavy (non-hydrogen) atoms. The number of hydrogen-bond acceptors (Lipinski definition) is 4. The Morgan fingerprint density at radius 2 is 1.88 bits per heavy atom. The van der Waals surface area contributed by atoms with E-state index in [-0.39, 0.29) is 22.6 Å². The zero-order valence-electron chi connectivity index (χ0n) is 9.65. The fourth-order valence-corrected chi connectivity index (χ4v) is 2.89. The molecule has 0 spiro atoms. The topological polar surface area (TPSA) is 122 Å². The highest BCUT2D eigenvalue weighted by Crippen LogP contribution is 2.17. The van der Waals surface area contributed by atoms with Crippen LogP contribution in [0.4, 0.5) is 0 Å². The van der Waals surface area contributed by atoms with E-state index >= 15 is 0 Å². The van der Waals surface area contributed by atoms with Crippen LogP contribution >= 0.6 is 11.8 Å². The van der Waals surface area contributed by atoms with Crippen LogP contribution in [0.15, 0.2) is 4.99 Å². The minimum absolute atomic E-state index is 0.00351. The predicted molar refractivity (Wildman–Crippen MR) is 69.5 cm³/mol. The Morgan fingerprint density at radius 3 is 2.25 bits per heavy atom. The van der Waals surface area contributed by atoms with Gasteiger partial charge in [-0.05, 0) is 20.8 Å². The summed E-state index contributed by atoms with van der Waals surface area (Å²) >= 11 is 1.00. The Bertz CT molecular complexity index is 377. The van der Waals surface area contributed by atoms with Crippen LogP contribution in [0.2, 0.25) is 0 Å². The maximum atomic E-state index is 11.7. The largest absolute Gasteiger partial charge is 0.370 e. The van der Waals surface area contributed by atoms with Gasteiger partial charge in [-0.1, -0.05) is 11.8 Å². The van der Waals surface area contributed by atoms with Crippen molar-refractivity contribution in [1.29, 1.82) is 5.41 Å². The number of amidine groups is 1. The van der Waals surface area contributed by atoms with Crippen LogP contribution in [0.25, 0.3) is 0 Å². The van der Waals surface area contributed by atoms with E-state index in [4.69, 9.17) is 16.9 Å². The van der Waals surface area contributed by atoms with Gasteiger partial charge in [-0.3, -0.25) is 5.41 Å². The van der Waals surface area contributed by atoms with Crippen LogP contribution in [0, 0.1) is 5.41 Å². The standard InChI is InChI=1S/C8H18N4O2S2/c1-8(2,3)16(13,14)5-4-15-7(11)12-6(9)10/h4-5H2,1-3H3,(H5,9,10,11,12). The Labute approximate surface area is 100 Å². The molecule has 0 saturated carbocycles. The number of hydrogen-bond donors (Lipinski definition) is 3. The van der Waals surface area contributed by atoms with Crippen molar-refractivity contribution in [1.82, 2.24) is 0 Å². The average Bonchev–Trinajstić information content (AvgIpc) is 1.99. The molecule has 94 valence electrons. The lowest BCUT2D eigenvalue weighted by Gasteiger charge is -2.18. The van der Waals surface area contributed by atoms with Crippen molar-refractivity contribution in [3.05, 3.63) is 0 Å². The molecule has 0 rings (SSSR count). The van der Waals surface area contributed by atoms with Gasteiger partial charge >= 0.3 is 0 Å². The van der Waals surface area contributed by atoms with E-state index in [1.54, 1.807) is 20.8 Å². The number of nitrogens with zero attached hydrogens (tertiary/aromatic N) is 1. The van der Waals surface area contributed by atoms with E-state index in [0.29, 0.717) is 0 Å². The van der Waals surface area contributed by atoms with Crippen LogP contribution in [0.1, 0.15) is 20.8 Å². The van der Waals surface area contributed by atoms with Crippen molar-refractivity contribution in [2.24, 2.45) is 16.5 Å². The summed E-state index contributed by atoms with van der Waals surface area (Å²) in [5.41, 5.74) is 10.2. The molecule has 0 aliphatic carbocycles. The average molecular weight is 266 g/mol. The third kappa shape index (κ3) is 5.36. The number of aliphatic imine (C=N–C) groups is 1. The lowest BCUT2D eigenvalue weighted by atomic mass is 10.3. The third-order valence-electron chi connectivity index (χ3n) is 1.75. The molecule has 0 unspecified atom stereocenters. The normalized spacial score (nSPS) is 12.2. The molecule has 0 atom stereocenters. The molecule has 0 aliphatic rings. The van der Waals surface area contributed by atoms with Gasteiger partial charge in [-0.25, -0.2) is 8.42 Å². The van der Waals surface area contributed by atoms with Gasteiger partial charge in [-0.15, -0.1) is 0 Å². The number of rotatable bonds is 3. The fourth-order valence-electron chi connectivity index (χ4n) is 0.704. The second-order valence-corrected chi connectivity index (χ2v) is 8.07. The highest BCUT2D eigenvalue weighted by molar-refractivity contribution is 8.14. The first-order chi connectivity index (χ1) is 7.06. The van der Waals surface area contributed by atoms with E-state index in [1.807, 2.05) is 0 Å². The second-order valence-electron chi connectivity index (χ2n) is 4.12. The smallest absolute Gasteiger partial charge is 0.193 e. The van der Waals surface area contributed by atoms with Gasteiger partial charge in [-0.2, -0.15) is 4.99 Å². The van der Waals surface area contributed by atoms with Crippen LogP contribution in [-0.4, -0.2) is 35.8 Å². The zero-order valence-corrected chi connectivity index (χ0v) is 11.3. The molecule has 0 aromatic heterocycles. The van der Waals surface area contributed by atoms with E-state index in [0.717, 1.165) is 11.8 Å². The maximum absolute atomic E-state index is 11.7. The summed E-state index contributed by atoms with van der Waals surface area (Å²) in [7, 11) is -3.15. The van der Waals surface area contributed by atoms with Gasteiger partial charge in [0.15, 0.2) is 21.0 Å². The van der Waals surface area contributed by atoms with Gasteiger partial charge < -0.3 is 11.5 Å². The molecule has 6 nitrogen and oxygen atoms in total. The van der Waals surface area contributed by atoms with E-state index < -0.39 is 14.6 Å². The van der Waals surface area contributed by atoms with Crippen molar-refractivity contribution in [3.63, 3.8) is 0 Å². The van der Waals surface area contributed by atoms with Crippen molar-refractivity contribution in [2.75, 3.05) is 11.5 Å². The van der Waals surface area contributed by atoms with E-state index in [1.165, 1.54) is 0 Å².